The first kappa shape index (κ1) is 14.6. The minimum atomic E-state index is -0.333. The Morgan fingerprint density at radius 2 is 2.05 bits per heavy atom. The minimum Gasteiger partial charge on any atom is -0.466 e. The highest BCUT2D eigenvalue weighted by Gasteiger charge is 2.12. The van der Waals surface area contributed by atoms with E-state index >= 15 is 0 Å². The molecule has 6 heteroatoms. The zero-order valence-corrected chi connectivity index (χ0v) is 12.4. The molecule has 0 aliphatic rings. The number of aryl methyl sites for hydroxylation is 2. The zero-order chi connectivity index (χ0) is 14.7. The number of benzene rings is 1. The van der Waals surface area contributed by atoms with Crippen LogP contribution >= 0.6 is 23.2 Å². The van der Waals surface area contributed by atoms with Crippen LogP contribution in [0.2, 0.25) is 10.0 Å². The second-order valence-corrected chi connectivity index (χ2v) is 5.04. The fourth-order valence-corrected chi connectivity index (χ4v) is 2.14. The van der Waals surface area contributed by atoms with Gasteiger partial charge in [0, 0.05) is 10.6 Å². The van der Waals surface area contributed by atoms with E-state index in [1.54, 1.807) is 38.1 Å². The van der Waals surface area contributed by atoms with Gasteiger partial charge < -0.3 is 4.42 Å². The van der Waals surface area contributed by atoms with Crippen LogP contribution in [0.5, 0.6) is 0 Å². The van der Waals surface area contributed by atoms with Crippen molar-refractivity contribution in [2.75, 3.05) is 0 Å². The van der Waals surface area contributed by atoms with Gasteiger partial charge in [-0.05, 0) is 32.0 Å². The number of nitrogens with one attached hydrogen (secondary N) is 1. The van der Waals surface area contributed by atoms with E-state index in [4.69, 9.17) is 27.6 Å². The summed E-state index contributed by atoms with van der Waals surface area (Å²) in [5.41, 5.74) is 3.55. The maximum absolute atomic E-state index is 11.9. The molecule has 4 nitrogen and oxygen atoms in total. The molecule has 0 atom stereocenters. The highest BCUT2D eigenvalue weighted by atomic mass is 35.5. The Morgan fingerprint density at radius 1 is 1.30 bits per heavy atom. The number of carbonyl (C=O) groups excluding carboxylic acids is 1. The van der Waals surface area contributed by atoms with Gasteiger partial charge in [0.15, 0.2) is 0 Å². The van der Waals surface area contributed by atoms with Crippen molar-refractivity contribution >= 4 is 35.3 Å². The number of hydrogen-bond acceptors (Lipinski definition) is 3. The van der Waals surface area contributed by atoms with Crippen LogP contribution in [0.4, 0.5) is 0 Å². The van der Waals surface area contributed by atoms with Crippen LogP contribution in [-0.4, -0.2) is 12.1 Å². The van der Waals surface area contributed by atoms with Crippen molar-refractivity contribution in [3.63, 3.8) is 0 Å². The van der Waals surface area contributed by atoms with Crippen LogP contribution < -0.4 is 5.43 Å². The van der Waals surface area contributed by atoms with Crippen LogP contribution in [0.1, 0.15) is 27.4 Å². The van der Waals surface area contributed by atoms with Gasteiger partial charge in [-0.15, -0.1) is 0 Å². The molecule has 0 unspecified atom stereocenters. The lowest BCUT2D eigenvalue weighted by Crippen LogP contribution is -2.17. The molecule has 1 aromatic carbocycles. The predicted molar refractivity (Wildman–Crippen MR) is 79.7 cm³/mol. The molecule has 20 heavy (non-hydrogen) atoms. The summed E-state index contributed by atoms with van der Waals surface area (Å²) in [7, 11) is 0. The molecule has 1 heterocycles. The lowest BCUT2D eigenvalue weighted by atomic mass is 10.2. The number of nitrogens with zero attached hydrogens (tertiary/aromatic N) is 1. The first-order valence-corrected chi connectivity index (χ1v) is 6.58. The number of carbonyl (C=O) groups is 1. The molecule has 1 N–H and O–H groups in total. The minimum absolute atomic E-state index is 0.333. The van der Waals surface area contributed by atoms with Crippen LogP contribution in [0.25, 0.3) is 0 Å². The van der Waals surface area contributed by atoms with Gasteiger partial charge in [-0.1, -0.05) is 29.3 Å². The van der Waals surface area contributed by atoms with Gasteiger partial charge >= 0.3 is 0 Å². The molecule has 1 aromatic heterocycles. The van der Waals surface area contributed by atoms with Crippen molar-refractivity contribution in [1.82, 2.24) is 5.43 Å². The molecule has 0 saturated carbocycles. The number of hydrazone groups is 1. The average Bonchev–Trinajstić information content (AvgIpc) is 2.71. The van der Waals surface area contributed by atoms with Crippen molar-refractivity contribution in [3.05, 3.63) is 57.0 Å². The van der Waals surface area contributed by atoms with E-state index < -0.39 is 0 Å². The second kappa shape index (κ2) is 6.11. The van der Waals surface area contributed by atoms with Gasteiger partial charge in [-0.3, -0.25) is 4.79 Å². The van der Waals surface area contributed by atoms with Crippen LogP contribution in [-0.2, 0) is 0 Å². The molecule has 0 saturated heterocycles. The summed E-state index contributed by atoms with van der Waals surface area (Å²) in [5, 5.41) is 4.87. The van der Waals surface area contributed by atoms with E-state index in [0.717, 1.165) is 0 Å². The number of hydrogen-bond donors (Lipinski definition) is 1. The first-order valence-electron chi connectivity index (χ1n) is 5.83. The smallest absolute Gasteiger partial charge is 0.274 e. The molecule has 104 valence electrons. The van der Waals surface area contributed by atoms with E-state index in [2.05, 4.69) is 10.5 Å². The molecule has 0 spiro atoms. The van der Waals surface area contributed by atoms with Gasteiger partial charge in [-0.2, -0.15) is 5.10 Å². The Kier molecular flexibility index (Phi) is 4.47. The van der Waals surface area contributed by atoms with E-state index in [9.17, 15) is 4.79 Å². The lowest BCUT2D eigenvalue weighted by Gasteiger charge is -1.99. The molecule has 0 fully saturated rings. The number of furan rings is 1. The largest absolute Gasteiger partial charge is 0.466 e. The highest BCUT2D eigenvalue weighted by Crippen LogP contribution is 2.19. The van der Waals surface area contributed by atoms with Gasteiger partial charge in [0.25, 0.3) is 5.91 Å². The Bertz CT molecular complexity index is 678. The highest BCUT2D eigenvalue weighted by molar-refractivity contribution is 6.36. The van der Waals surface area contributed by atoms with E-state index in [1.165, 1.54) is 6.21 Å². The second-order valence-electron chi connectivity index (χ2n) is 4.19. The summed E-state index contributed by atoms with van der Waals surface area (Å²) >= 11 is 11.8. The predicted octanol–water partition coefficient (Wildman–Crippen LogP) is 3.97. The van der Waals surface area contributed by atoms with Crippen LogP contribution in [0.3, 0.4) is 0 Å². The van der Waals surface area contributed by atoms with E-state index in [0.29, 0.717) is 32.7 Å². The summed E-state index contributed by atoms with van der Waals surface area (Å²) in [5.74, 6) is 0.901. The fourth-order valence-electron chi connectivity index (χ4n) is 1.68. The standard InChI is InChI=1S/C14H12Cl2N2O2/c1-8-5-12(9(2)20-8)14(19)18-17-7-10-3-4-11(15)6-13(10)16/h3-7H,1-2H3,(H,18,19)/b17-7+. The third-order valence-electron chi connectivity index (χ3n) is 2.62. The topological polar surface area (TPSA) is 54.6 Å². The fraction of sp³-hybridized carbons (Fsp3) is 0.143. The van der Waals surface area contributed by atoms with Crippen molar-refractivity contribution in [2.24, 2.45) is 5.10 Å². The number of halogens is 2. The van der Waals surface area contributed by atoms with Crippen LogP contribution in [0, 0.1) is 13.8 Å². The van der Waals surface area contributed by atoms with E-state index in [-0.39, 0.29) is 5.91 Å². The number of amides is 1. The molecular formula is C14H12Cl2N2O2. The first-order chi connectivity index (χ1) is 9.47. The maximum atomic E-state index is 11.9. The quantitative estimate of drug-likeness (QED) is 0.689. The summed E-state index contributed by atoms with van der Waals surface area (Å²) in [6, 6.07) is 6.68. The third-order valence-corrected chi connectivity index (χ3v) is 3.18. The van der Waals surface area contributed by atoms with Crippen molar-refractivity contribution in [2.45, 2.75) is 13.8 Å². The Labute approximate surface area is 126 Å². The zero-order valence-electron chi connectivity index (χ0n) is 10.9. The van der Waals surface area contributed by atoms with Crippen molar-refractivity contribution in [1.29, 1.82) is 0 Å². The Morgan fingerprint density at radius 3 is 2.65 bits per heavy atom. The van der Waals surface area contributed by atoms with Gasteiger partial charge in [0.2, 0.25) is 0 Å². The molecule has 0 radical (unpaired) electrons. The molecule has 0 aliphatic carbocycles. The SMILES string of the molecule is Cc1cc(C(=O)N/N=C/c2ccc(Cl)cc2Cl)c(C)o1. The van der Waals surface area contributed by atoms with E-state index in [1.807, 2.05) is 0 Å². The van der Waals surface area contributed by atoms with Gasteiger partial charge in [0.1, 0.15) is 11.5 Å². The number of rotatable bonds is 3. The molecule has 2 rings (SSSR count). The molecule has 0 aliphatic heterocycles. The Hall–Kier alpha value is -1.78. The van der Waals surface area contributed by atoms with Gasteiger partial charge in [0.05, 0.1) is 16.8 Å². The average molecular weight is 311 g/mol. The molecule has 2 aromatic rings. The molecule has 0 bridgehead atoms. The summed E-state index contributed by atoms with van der Waals surface area (Å²) in [6.07, 6.45) is 1.46. The van der Waals surface area contributed by atoms with Crippen molar-refractivity contribution in [3.8, 4) is 0 Å². The molecule has 1 amide bonds. The monoisotopic (exact) mass is 310 g/mol. The lowest BCUT2D eigenvalue weighted by molar-refractivity contribution is 0.0953. The van der Waals surface area contributed by atoms with Gasteiger partial charge in [-0.25, -0.2) is 5.43 Å². The third kappa shape index (κ3) is 3.40. The van der Waals surface area contributed by atoms with Crippen molar-refractivity contribution < 1.29 is 9.21 Å². The summed E-state index contributed by atoms with van der Waals surface area (Å²) < 4.78 is 5.28. The molecular weight excluding hydrogens is 299 g/mol. The van der Waals surface area contributed by atoms with Crippen LogP contribution in [0.15, 0.2) is 33.8 Å². The maximum Gasteiger partial charge on any atom is 0.274 e. The summed E-state index contributed by atoms with van der Waals surface area (Å²) in [6.45, 7) is 3.50. The summed E-state index contributed by atoms with van der Waals surface area (Å²) in [4.78, 5) is 11.9. The normalized spacial score (nSPS) is 11.0. The Balaban J connectivity index is 2.06.